The zero-order valence-corrected chi connectivity index (χ0v) is 28.4. The Balaban J connectivity index is 0.000000414. The van der Waals surface area contributed by atoms with Crippen molar-refractivity contribution in [3.8, 4) is 5.75 Å². The lowest BCUT2D eigenvalue weighted by atomic mass is 9.12. The van der Waals surface area contributed by atoms with Gasteiger partial charge in [0.1, 0.15) is 52.7 Å². The summed E-state index contributed by atoms with van der Waals surface area (Å²) in [5, 5.41) is 2.61. The van der Waals surface area contributed by atoms with Gasteiger partial charge >= 0.3 is 0 Å². The molecule has 6 aromatic rings. The number of halogens is 21. The molecule has 0 spiro atoms. The summed E-state index contributed by atoms with van der Waals surface area (Å²) in [5.74, 6) is -70.7. The number of nitrogens with zero attached hydrogens (tertiary/aromatic N) is 1. The van der Waals surface area contributed by atoms with Gasteiger partial charge in [-0.15, -0.1) is 21.9 Å². The maximum Gasteiger partial charge on any atom is 0.277 e. The van der Waals surface area contributed by atoms with Crippen molar-refractivity contribution in [2.75, 3.05) is 0 Å². The van der Waals surface area contributed by atoms with Crippen molar-refractivity contribution in [2.24, 2.45) is 0 Å². The first-order chi connectivity index (χ1) is 27.0. The molecule has 0 aliphatic heterocycles. The second kappa shape index (κ2) is 16.0. The van der Waals surface area contributed by atoms with Crippen LogP contribution in [0.2, 0.25) is 5.02 Å². The van der Waals surface area contributed by atoms with Gasteiger partial charge in [-0.05, 0) is 12.1 Å². The highest BCUT2D eigenvalue weighted by atomic mass is 35.5. The second-order valence-electron chi connectivity index (χ2n) is 11.2. The number of thiazole rings is 1. The topological polar surface area (TPSA) is 13.1 Å². The van der Waals surface area contributed by atoms with E-state index in [1.807, 2.05) is 35.3 Å². The summed E-state index contributed by atoms with van der Waals surface area (Å²) in [6, 6.07) is 7.29. The van der Waals surface area contributed by atoms with E-state index < -0.39 is 144 Å². The molecular weight excluding hydrogens is 885 g/mol. The third kappa shape index (κ3) is 6.73. The minimum Gasteiger partial charge on any atom is -0.231 e. The molecule has 306 valence electrons. The molecule has 0 saturated heterocycles. The first kappa shape index (κ1) is 43.6. The Morgan fingerprint density at radius 3 is 0.931 bits per heavy atom. The van der Waals surface area contributed by atoms with E-state index in [-0.39, 0.29) is 0 Å². The van der Waals surface area contributed by atoms with Crippen LogP contribution in [-0.4, -0.2) is 6.15 Å². The minimum atomic E-state index is -7.22. The van der Waals surface area contributed by atoms with Gasteiger partial charge in [-0.3, -0.25) is 0 Å². The first-order valence-electron chi connectivity index (χ1n) is 14.7. The van der Waals surface area contributed by atoms with Crippen molar-refractivity contribution in [1.82, 2.24) is 0 Å². The summed E-state index contributed by atoms with van der Waals surface area (Å²) in [5.41, 5.74) is -12.5. The highest BCUT2D eigenvalue weighted by Crippen LogP contribution is 2.31. The summed E-state index contributed by atoms with van der Waals surface area (Å²) in [6.07, 6.45) is -5.38. The second-order valence-corrected chi connectivity index (χ2v) is 12.4. The van der Waals surface area contributed by atoms with Crippen LogP contribution < -0.4 is 31.4 Å². The fourth-order valence-corrected chi connectivity index (χ4v) is 6.47. The molecule has 0 bridgehead atoms. The van der Waals surface area contributed by atoms with Crippen LogP contribution in [0.15, 0.2) is 41.4 Å². The summed E-state index contributed by atoms with van der Waals surface area (Å²) in [6.45, 7) is 0. The van der Waals surface area contributed by atoms with Crippen molar-refractivity contribution in [2.45, 2.75) is 0 Å². The highest BCUT2D eigenvalue weighted by Gasteiger charge is 2.52. The van der Waals surface area contributed by atoms with E-state index in [9.17, 15) is 52.7 Å². The largest absolute Gasteiger partial charge is 0.277 e. The zero-order valence-electron chi connectivity index (χ0n) is 26.8. The molecule has 0 amide bonds. The van der Waals surface area contributed by atoms with Gasteiger partial charge in [-0.2, -0.15) is 0 Å². The quantitative estimate of drug-likeness (QED) is 0.0539. The zero-order chi connectivity index (χ0) is 43.5. The van der Waals surface area contributed by atoms with E-state index in [0.29, 0.717) is 5.02 Å². The van der Waals surface area contributed by atoms with E-state index in [4.69, 9.17) is 16.4 Å². The molecule has 58 heavy (non-hydrogen) atoms. The minimum absolute atomic E-state index is 0.674. The maximum atomic E-state index is 15.4. The average molecular weight is 892 g/mol. The van der Waals surface area contributed by atoms with Crippen LogP contribution in [0.3, 0.4) is 0 Å². The Kier molecular flexibility index (Phi) is 12.0. The van der Waals surface area contributed by atoms with Gasteiger partial charge in [0.05, 0.1) is 5.38 Å². The molecule has 0 saturated carbocycles. The van der Waals surface area contributed by atoms with Gasteiger partial charge in [0.2, 0.25) is 11.9 Å². The average Bonchev–Trinajstić information content (AvgIpc) is 3.71. The number of aromatic nitrogens is 1. The molecule has 0 fully saturated rings. The van der Waals surface area contributed by atoms with E-state index in [2.05, 4.69) is 0 Å². The summed E-state index contributed by atoms with van der Waals surface area (Å²) < 4.78 is 296. The lowest BCUT2D eigenvalue weighted by Crippen LogP contribution is -2.81. The van der Waals surface area contributed by atoms with E-state index in [1.54, 1.807) is 22.1 Å². The molecular formula is C33H7BClF20NOS. The SMILES string of the molecule is Clc1cccc(O[n+]2ccsc2)c1.Fc1c(F)c(F)c([B-](c2c(F)c(F)c(F)c(F)c2F)(c2c(F)c(F)c(F)c(F)c2F)c2c(F)c(F)c(F)c(F)c2F)c(F)c1F. The molecule has 6 rings (SSSR count). The van der Waals surface area contributed by atoms with Crippen molar-refractivity contribution >= 4 is 50.9 Å². The predicted octanol–water partition coefficient (Wildman–Crippen LogP) is 8.38. The van der Waals surface area contributed by atoms with Crippen LogP contribution in [0.1, 0.15) is 0 Å². The summed E-state index contributed by atoms with van der Waals surface area (Å²) in [4.78, 5) is 5.44. The lowest BCUT2D eigenvalue weighted by Gasteiger charge is -2.44. The van der Waals surface area contributed by atoms with Crippen LogP contribution in [0, 0.1) is 116 Å². The van der Waals surface area contributed by atoms with Crippen LogP contribution in [0.5, 0.6) is 5.75 Å². The van der Waals surface area contributed by atoms with Gasteiger partial charge in [0, 0.05) is 15.8 Å². The van der Waals surface area contributed by atoms with E-state index >= 15 is 35.1 Å². The Bertz CT molecular complexity index is 2240. The molecule has 0 N–H and O–H groups in total. The van der Waals surface area contributed by atoms with Crippen LogP contribution in [0.25, 0.3) is 0 Å². The number of hydrogen-bond acceptors (Lipinski definition) is 2. The van der Waals surface area contributed by atoms with Gasteiger partial charge in [0.25, 0.3) is 5.51 Å². The number of benzene rings is 5. The molecule has 1 heterocycles. The van der Waals surface area contributed by atoms with Crippen molar-refractivity contribution in [3.63, 3.8) is 0 Å². The fraction of sp³-hybridized carbons (Fsp3) is 0. The van der Waals surface area contributed by atoms with E-state index in [0.717, 1.165) is 5.75 Å². The van der Waals surface area contributed by atoms with Crippen molar-refractivity contribution in [1.29, 1.82) is 0 Å². The summed E-state index contributed by atoms with van der Waals surface area (Å²) in [7, 11) is 0. The van der Waals surface area contributed by atoms with Crippen molar-refractivity contribution < 1.29 is 97.4 Å². The Labute approximate surface area is 316 Å². The Hall–Kier alpha value is -5.52. The molecule has 25 heteroatoms. The first-order valence-corrected chi connectivity index (χ1v) is 16.0. The van der Waals surface area contributed by atoms with E-state index in [1.165, 1.54) is 0 Å². The predicted molar refractivity (Wildman–Crippen MR) is 161 cm³/mol. The molecule has 2 nitrogen and oxygen atoms in total. The van der Waals surface area contributed by atoms with Crippen molar-refractivity contribution in [3.05, 3.63) is 163 Å². The van der Waals surface area contributed by atoms with Crippen LogP contribution in [-0.2, 0) is 0 Å². The molecule has 0 aliphatic carbocycles. The molecule has 0 atom stereocenters. The lowest BCUT2D eigenvalue weighted by molar-refractivity contribution is -0.871. The normalized spacial score (nSPS) is 11.5. The third-order valence-corrected chi connectivity index (χ3v) is 9.01. The van der Waals surface area contributed by atoms with Crippen LogP contribution >= 0.6 is 22.9 Å². The maximum absolute atomic E-state index is 15.4. The number of rotatable bonds is 6. The number of hydrogen-bond donors (Lipinski definition) is 0. The van der Waals surface area contributed by atoms with Crippen LogP contribution in [0.4, 0.5) is 87.8 Å². The molecule has 0 aliphatic rings. The fourth-order valence-electron chi connectivity index (χ4n) is 5.80. The molecule has 5 aromatic carbocycles. The smallest absolute Gasteiger partial charge is 0.231 e. The van der Waals surface area contributed by atoms with Gasteiger partial charge in [-0.25, -0.2) is 92.6 Å². The monoisotopic (exact) mass is 891 g/mol. The standard InChI is InChI=1S/C24BF20.C9H7ClNOS/c26-5-1(6(27)14(35)21(42)13(5)34)25(2-7(28)15(36)22(43)16(37)8(2)29,3-9(30)17(38)23(44)18(39)10(3)31)4-11(32)19(40)24(45)20(41)12(4)33;10-8-2-1-3-9(6-8)12-11-4-5-13-7-11/h;1-7H/q-1;+1. The molecule has 0 radical (unpaired) electrons. The Morgan fingerprint density at radius 1 is 0.414 bits per heavy atom. The third-order valence-electron chi connectivity index (χ3n) is 8.17. The molecule has 1 aromatic heterocycles. The Morgan fingerprint density at radius 2 is 0.690 bits per heavy atom. The molecule has 0 unspecified atom stereocenters. The van der Waals surface area contributed by atoms with Gasteiger partial charge < -0.3 is 0 Å². The highest BCUT2D eigenvalue weighted by molar-refractivity contribution is 7.20. The summed E-state index contributed by atoms with van der Waals surface area (Å²) >= 11 is 7.37. The van der Waals surface area contributed by atoms with Gasteiger partial charge in [-0.1, -0.05) is 29.0 Å². The van der Waals surface area contributed by atoms with Gasteiger partial charge in [0.15, 0.2) is 69.8 Å².